The maximum Gasteiger partial charge on any atom is 0.309 e. The quantitative estimate of drug-likeness (QED) is 0.472. The van der Waals surface area contributed by atoms with Crippen LogP contribution >= 0.6 is 11.3 Å². The maximum atomic E-state index is 13.2. The van der Waals surface area contributed by atoms with Crippen LogP contribution in [0.5, 0.6) is 0 Å². The van der Waals surface area contributed by atoms with Crippen molar-refractivity contribution in [1.29, 1.82) is 0 Å². The second-order valence-electron chi connectivity index (χ2n) is 10.6. The lowest BCUT2D eigenvalue weighted by Crippen LogP contribution is -2.45. The summed E-state index contributed by atoms with van der Waals surface area (Å²) in [7, 11) is 0. The molecule has 3 rings (SSSR count). The van der Waals surface area contributed by atoms with Crippen LogP contribution < -0.4 is 0 Å². The first-order valence-electron chi connectivity index (χ1n) is 12.3. The van der Waals surface area contributed by atoms with Crippen molar-refractivity contribution in [3.63, 3.8) is 0 Å². The lowest BCUT2D eigenvalue weighted by molar-refractivity contribution is -0.154. The molecule has 2 saturated heterocycles. The van der Waals surface area contributed by atoms with Gasteiger partial charge in [0.05, 0.1) is 47.0 Å². The third-order valence-corrected chi connectivity index (χ3v) is 8.20. The summed E-state index contributed by atoms with van der Waals surface area (Å²) in [5.74, 6) is -1.52. The number of Topliss-reactive ketones (excluding diaryl/α,β-unsaturated/α-hetero) is 1. The third-order valence-electron chi connectivity index (χ3n) is 7.41. The number of carbonyl (C=O) groups is 2. The second kappa shape index (κ2) is 11.0. The van der Waals surface area contributed by atoms with E-state index in [9.17, 15) is 19.8 Å². The Kier molecular flexibility index (Phi) is 8.71. The van der Waals surface area contributed by atoms with Gasteiger partial charge in [-0.3, -0.25) is 9.59 Å². The fraction of sp³-hybridized carbons (Fsp3) is 0.731. The van der Waals surface area contributed by atoms with Crippen LogP contribution in [0.3, 0.4) is 0 Å². The highest BCUT2D eigenvalue weighted by Gasteiger charge is 2.44. The van der Waals surface area contributed by atoms with E-state index in [0.717, 1.165) is 35.5 Å². The monoisotopic (exact) mass is 493 g/mol. The van der Waals surface area contributed by atoms with Gasteiger partial charge in [0.15, 0.2) is 0 Å². The van der Waals surface area contributed by atoms with Crippen LogP contribution in [0.15, 0.2) is 11.0 Å². The molecule has 190 valence electrons. The molecular weight excluding hydrogens is 454 g/mol. The molecule has 0 radical (unpaired) electrons. The van der Waals surface area contributed by atoms with Crippen molar-refractivity contribution in [3.05, 3.63) is 21.7 Å². The first-order valence-corrected chi connectivity index (χ1v) is 13.1. The molecule has 0 saturated carbocycles. The number of rotatable bonds is 2. The first kappa shape index (κ1) is 27.0. The number of carbonyl (C=O) groups excluding carboxylic acids is 2. The Bertz CT molecular complexity index is 909. The van der Waals surface area contributed by atoms with E-state index in [4.69, 9.17) is 9.47 Å². The molecular formula is C26H39NO6S. The Balaban J connectivity index is 1.81. The minimum absolute atomic E-state index is 0.00770. The second-order valence-corrected chi connectivity index (χ2v) is 11.7. The molecule has 2 aliphatic heterocycles. The number of aliphatic hydroxyl groups is 2. The smallest absolute Gasteiger partial charge is 0.309 e. The van der Waals surface area contributed by atoms with Gasteiger partial charge in [-0.25, -0.2) is 4.98 Å². The molecule has 2 N–H and O–H groups in total. The zero-order chi connectivity index (χ0) is 25.2. The van der Waals surface area contributed by atoms with E-state index >= 15 is 0 Å². The number of nitrogens with zero attached hydrogens (tertiary/aromatic N) is 1. The molecule has 1 unspecified atom stereocenters. The summed E-state index contributed by atoms with van der Waals surface area (Å²) in [5, 5.41) is 24.5. The van der Waals surface area contributed by atoms with Gasteiger partial charge in [-0.2, -0.15) is 0 Å². The van der Waals surface area contributed by atoms with Crippen molar-refractivity contribution in [3.8, 4) is 0 Å². The molecule has 1 aromatic rings. The molecule has 2 aliphatic rings. The molecule has 0 aromatic carbocycles. The summed E-state index contributed by atoms with van der Waals surface area (Å²) in [5.41, 5.74) is 0.494. The largest absolute Gasteiger partial charge is 0.458 e. The van der Waals surface area contributed by atoms with E-state index in [1.54, 1.807) is 32.1 Å². The molecule has 7 nitrogen and oxygen atoms in total. The van der Waals surface area contributed by atoms with Crippen LogP contribution in [0.1, 0.15) is 77.4 Å². The first-order chi connectivity index (χ1) is 15.9. The number of epoxide rings is 1. The minimum Gasteiger partial charge on any atom is -0.458 e. The summed E-state index contributed by atoms with van der Waals surface area (Å²) in [6, 6.07) is 0. The van der Waals surface area contributed by atoms with Crippen LogP contribution in [-0.2, 0) is 19.1 Å². The number of aliphatic hydroxyl groups excluding tert-OH is 2. The van der Waals surface area contributed by atoms with E-state index < -0.39 is 35.6 Å². The SMILES string of the molecule is C/C(=C\c1csc(C)n1)C1C[C@H]2O[C@H]2CCC[C@H](C)[C@@H](O)[C@@H](C)C(=O)C(C)(C)[C@@H](O)CC(=O)O1. The van der Waals surface area contributed by atoms with E-state index in [-0.39, 0.29) is 30.3 Å². The minimum atomic E-state index is -1.22. The molecule has 0 amide bonds. The Morgan fingerprint density at radius 1 is 1.21 bits per heavy atom. The highest BCUT2D eigenvalue weighted by Crippen LogP contribution is 2.36. The number of aryl methyl sites for hydroxylation is 1. The van der Waals surface area contributed by atoms with Gasteiger partial charge in [0.25, 0.3) is 0 Å². The summed E-state index contributed by atoms with van der Waals surface area (Å²) in [4.78, 5) is 30.5. The zero-order valence-electron chi connectivity index (χ0n) is 21.1. The molecule has 1 aromatic heterocycles. The Labute approximate surface area is 206 Å². The maximum absolute atomic E-state index is 13.2. The molecule has 34 heavy (non-hydrogen) atoms. The number of aromatic nitrogens is 1. The molecule has 8 heteroatoms. The van der Waals surface area contributed by atoms with E-state index in [0.29, 0.717) is 6.42 Å². The van der Waals surface area contributed by atoms with E-state index in [2.05, 4.69) is 4.98 Å². The van der Waals surface area contributed by atoms with Crippen LogP contribution in [0.25, 0.3) is 6.08 Å². The van der Waals surface area contributed by atoms with Crippen molar-refractivity contribution >= 4 is 29.2 Å². The van der Waals surface area contributed by atoms with Gasteiger partial charge in [0, 0.05) is 17.7 Å². The van der Waals surface area contributed by atoms with Crippen LogP contribution in [0, 0.1) is 24.2 Å². The average molecular weight is 494 g/mol. The highest BCUT2D eigenvalue weighted by atomic mass is 32.1. The lowest BCUT2D eigenvalue weighted by Gasteiger charge is -2.34. The molecule has 7 atom stereocenters. The van der Waals surface area contributed by atoms with Crippen LogP contribution in [0.4, 0.5) is 0 Å². The van der Waals surface area contributed by atoms with Crippen LogP contribution in [-0.4, -0.2) is 57.5 Å². The van der Waals surface area contributed by atoms with Crippen LogP contribution in [0.2, 0.25) is 0 Å². The number of fused-ring (bicyclic) bond motifs is 1. The van der Waals surface area contributed by atoms with Gasteiger partial charge in [0.2, 0.25) is 0 Å². The average Bonchev–Trinajstić information content (AvgIpc) is 3.38. The van der Waals surface area contributed by atoms with Gasteiger partial charge >= 0.3 is 5.97 Å². The number of esters is 1. The molecule has 2 fully saturated rings. The molecule has 0 aliphatic carbocycles. The van der Waals surface area contributed by atoms with Crippen molar-refractivity contribution in [2.75, 3.05) is 0 Å². The number of cyclic esters (lactones) is 1. The molecule has 0 bridgehead atoms. The number of ketones is 1. The standard InChI is InChI=1S/C26H39NO6S/c1-14-8-7-9-19-21(32-19)11-20(15(2)10-18-13-34-17(4)27-18)33-23(29)12-22(28)26(5,6)25(31)16(3)24(14)30/h10,13-14,16,19-22,24,28,30H,7-9,11-12H2,1-6H3/b15-10+/t14-,16+,19-,20?,21+,22-,24+/m0/s1. The number of hydrogen-bond donors (Lipinski definition) is 2. The predicted octanol–water partition coefficient (Wildman–Crippen LogP) is 4.09. The van der Waals surface area contributed by atoms with Crippen molar-refractivity contribution in [2.45, 2.75) is 104 Å². The van der Waals surface area contributed by atoms with Gasteiger partial charge < -0.3 is 19.7 Å². The van der Waals surface area contributed by atoms with Crippen molar-refractivity contribution in [2.24, 2.45) is 17.3 Å². The summed E-state index contributed by atoms with van der Waals surface area (Å²) < 4.78 is 11.7. The van der Waals surface area contributed by atoms with E-state index in [1.807, 2.05) is 32.2 Å². The van der Waals surface area contributed by atoms with Crippen molar-refractivity contribution in [1.82, 2.24) is 4.98 Å². The Morgan fingerprint density at radius 2 is 1.91 bits per heavy atom. The fourth-order valence-corrected chi connectivity index (χ4v) is 5.35. The summed E-state index contributed by atoms with van der Waals surface area (Å²) >= 11 is 1.56. The number of ether oxygens (including phenoxy) is 2. The molecule has 3 heterocycles. The van der Waals surface area contributed by atoms with Gasteiger partial charge in [-0.15, -0.1) is 11.3 Å². The van der Waals surface area contributed by atoms with Gasteiger partial charge in [-0.1, -0.05) is 34.1 Å². The fourth-order valence-electron chi connectivity index (χ4n) is 4.78. The molecule has 0 spiro atoms. The Hall–Kier alpha value is -1.61. The van der Waals surface area contributed by atoms with Gasteiger partial charge in [0.1, 0.15) is 11.9 Å². The number of thiazole rings is 1. The summed E-state index contributed by atoms with van der Waals surface area (Å²) in [6.45, 7) is 10.8. The Morgan fingerprint density at radius 3 is 2.56 bits per heavy atom. The summed E-state index contributed by atoms with van der Waals surface area (Å²) in [6.07, 6.45) is 2.28. The van der Waals surface area contributed by atoms with Crippen molar-refractivity contribution < 1.29 is 29.3 Å². The zero-order valence-corrected chi connectivity index (χ0v) is 21.9. The number of hydrogen-bond acceptors (Lipinski definition) is 8. The highest BCUT2D eigenvalue weighted by molar-refractivity contribution is 7.09. The van der Waals surface area contributed by atoms with Gasteiger partial charge in [-0.05, 0) is 44.3 Å². The lowest BCUT2D eigenvalue weighted by atomic mass is 9.73. The predicted molar refractivity (Wildman–Crippen MR) is 131 cm³/mol. The topological polar surface area (TPSA) is 109 Å². The normalized spacial score (nSPS) is 36.0. The van der Waals surface area contributed by atoms with E-state index in [1.165, 1.54) is 0 Å². The third kappa shape index (κ3) is 6.53.